The second-order valence-electron chi connectivity index (χ2n) is 7.40. The number of amides is 1. The van der Waals surface area contributed by atoms with Crippen molar-refractivity contribution in [3.05, 3.63) is 47.0 Å². The van der Waals surface area contributed by atoms with Crippen molar-refractivity contribution >= 4 is 5.91 Å². The molecular weight excluding hydrogens is 345 g/mol. The number of hydrogen-bond donors (Lipinski definition) is 1. The molecule has 0 radical (unpaired) electrons. The van der Waals surface area contributed by atoms with Crippen LogP contribution in [0.25, 0.3) is 5.69 Å². The van der Waals surface area contributed by atoms with Crippen molar-refractivity contribution in [1.82, 2.24) is 15.1 Å². The number of nitrogens with zero attached hydrogens (tertiary/aromatic N) is 2. The van der Waals surface area contributed by atoms with Crippen molar-refractivity contribution in [2.45, 2.75) is 65.0 Å². The van der Waals surface area contributed by atoms with E-state index in [1.807, 2.05) is 20.8 Å². The molecule has 0 spiro atoms. The zero-order valence-electron chi connectivity index (χ0n) is 16.3. The molecule has 2 aromatic rings. The average Bonchev–Trinajstić information content (AvgIpc) is 3.24. The molecule has 1 fully saturated rings. The van der Waals surface area contributed by atoms with E-state index < -0.39 is 0 Å². The summed E-state index contributed by atoms with van der Waals surface area (Å²) in [5, 5.41) is 7.61. The van der Waals surface area contributed by atoms with E-state index in [1.54, 1.807) is 16.8 Å². The number of aryl methyl sites for hydroxylation is 1. The Morgan fingerprint density at radius 3 is 2.78 bits per heavy atom. The lowest BCUT2D eigenvalue weighted by molar-refractivity contribution is -0.121. The maximum atomic E-state index is 13.2. The van der Waals surface area contributed by atoms with Crippen LogP contribution in [-0.4, -0.2) is 34.4 Å². The first-order chi connectivity index (χ1) is 12.9. The van der Waals surface area contributed by atoms with Gasteiger partial charge in [0.05, 0.1) is 23.9 Å². The van der Waals surface area contributed by atoms with Crippen molar-refractivity contribution in [1.29, 1.82) is 0 Å². The van der Waals surface area contributed by atoms with E-state index in [-0.39, 0.29) is 17.8 Å². The quantitative estimate of drug-likeness (QED) is 0.806. The van der Waals surface area contributed by atoms with Crippen molar-refractivity contribution in [2.24, 2.45) is 0 Å². The summed E-state index contributed by atoms with van der Waals surface area (Å²) in [5.74, 6) is -0.281. The van der Waals surface area contributed by atoms with Crippen molar-refractivity contribution in [2.75, 3.05) is 6.61 Å². The second-order valence-corrected chi connectivity index (χ2v) is 7.40. The summed E-state index contributed by atoms with van der Waals surface area (Å²) in [7, 11) is 0. The third kappa shape index (κ3) is 4.95. The Bertz CT molecular complexity index is 779. The number of aromatic nitrogens is 2. The number of hydrogen-bond acceptors (Lipinski definition) is 3. The number of ether oxygens (including phenoxy) is 1. The molecule has 5 nitrogen and oxygen atoms in total. The number of rotatable bonds is 7. The minimum absolute atomic E-state index is 0.000281. The van der Waals surface area contributed by atoms with Gasteiger partial charge in [0.15, 0.2) is 0 Å². The Morgan fingerprint density at radius 1 is 1.37 bits per heavy atom. The van der Waals surface area contributed by atoms with Gasteiger partial charge in [0, 0.05) is 23.9 Å². The van der Waals surface area contributed by atoms with Crippen LogP contribution in [0.15, 0.2) is 24.3 Å². The monoisotopic (exact) mass is 373 g/mol. The van der Waals surface area contributed by atoms with E-state index in [0.717, 1.165) is 54.9 Å². The molecule has 1 aliphatic heterocycles. The fraction of sp³-hybridized carbons (Fsp3) is 0.524. The summed E-state index contributed by atoms with van der Waals surface area (Å²) in [4.78, 5) is 12.5. The minimum atomic E-state index is -0.281. The van der Waals surface area contributed by atoms with E-state index in [1.165, 1.54) is 12.1 Å². The lowest BCUT2D eigenvalue weighted by atomic mass is 10.1. The largest absolute Gasteiger partial charge is 0.378 e. The summed E-state index contributed by atoms with van der Waals surface area (Å²) in [5.41, 5.74) is 3.43. The normalized spacial score (nSPS) is 17.9. The number of benzene rings is 1. The van der Waals surface area contributed by atoms with Crippen LogP contribution in [-0.2, 0) is 16.0 Å². The van der Waals surface area contributed by atoms with E-state index >= 15 is 0 Å². The standard InChI is InChI=1S/C21H28FN3O2/c1-14(6-11-19-5-4-12-27-19)23-21(26)13-20-15(2)24-25(16(20)3)18-9-7-17(22)8-10-18/h7-10,14,19H,4-6,11-13H2,1-3H3,(H,23,26)/t14-,19-/m1/s1. The Kier molecular flexibility index (Phi) is 6.26. The van der Waals surface area contributed by atoms with Crippen LogP contribution in [0.4, 0.5) is 4.39 Å². The molecule has 1 amide bonds. The van der Waals surface area contributed by atoms with Gasteiger partial charge in [0.1, 0.15) is 5.82 Å². The molecule has 0 saturated carbocycles. The Morgan fingerprint density at radius 2 is 2.11 bits per heavy atom. The van der Waals surface area contributed by atoms with Crippen LogP contribution in [0.1, 0.15) is 49.6 Å². The number of nitrogens with one attached hydrogen (secondary N) is 1. The zero-order valence-corrected chi connectivity index (χ0v) is 16.3. The fourth-order valence-corrected chi connectivity index (χ4v) is 3.63. The molecule has 1 aliphatic rings. The van der Waals surface area contributed by atoms with E-state index in [2.05, 4.69) is 10.4 Å². The van der Waals surface area contributed by atoms with Crippen LogP contribution in [0.5, 0.6) is 0 Å². The third-order valence-electron chi connectivity index (χ3n) is 5.20. The van der Waals surface area contributed by atoms with Crippen LogP contribution in [0.3, 0.4) is 0 Å². The predicted octanol–water partition coefficient (Wildman–Crippen LogP) is 3.63. The maximum absolute atomic E-state index is 13.2. The van der Waals surface area contributed by atoms with E-state index in [9.17, 15) is 9.18 Å². The highest BCUT2D eigenvalue weighted by Crippen LogP contribution is 2.20. The Hall–Kier alpha value is -2.21. The Labute approximate surface area is 159 Å². The zero-order chi connectivity index (χ0) is 19.4. The van der Waals surface area contributed by atoms with Crippen LogP contribution in [0.2, 0.25) is 0 Å². The molecule has 0 unspecified atom stereocenters. The van der Waals surface area contributed by atoms with Gasteiger partial charge >= 0.3 is 0 Å². The van der Waals surface area contributed by atoms with Gasteiger partial charge in [0.2, 0.25) is 5.91 Å². The molecule has 0 aliphatic carbocycles. The molecule has 0 bridgehead atoms. The Balaban J connectivity index is 1.59. The summed E-state index contributed by atoms with van der Waals surface area (Å²) < 4.78 is 20.6. The summed E-state index contributed by atoms with van der Waals surface area (Å²) in [6, 6.07) is 6.31. The topological polar surface area (TPSA) is 56.2 Å². The molecule has 2 atom stereocenters. The molecule has 1 aromatic carbocycles. The summed E-state index contributed by atoms with van der Waals surface area (Å²) >= 11 is 0. The summed E-state index contributed by atoms with van der Waals surface area (Å²) in [6.45, 7) is 6.74. The SMILES string of the molecule is Cc1nn(-c2ccc(F)cc2)c(C)c1CC(=O)N[C@H](C)CC[C@H]1CCCO1. The fourth-order valence-electron chi connectivity index (χ4n) is 3.63. The molecule has 1 aromatic heterocycles. The maximum Gasteiger partial charge on any atom is 0.224 e. The molecule has 2 heterocycles. The van der Waals surface area contributed by atoms with E-state index in [4.69, 9.17) is 4.74 Å². The lowest BCUT2D eigenvalue weighted by Gasteiger charge is -2.16. The molecule has 6 heteroatoms. The van der Waals surface area contributed by atoms with Gasteiger partial charge in [-0.25, -0.2) is 9.07 Å². The van der Waals surface area contributed by atoms with E-state index in [0.29, 0.717) is 12.5 Å². The number of carbonyl (C=O) groups excluding carboxylic acids is 1. The first kappa shape index (κ1) is 19.5. The number of halogens is 1. The highest BCUT2D eigenvalue weighted by atomic mass is 19.1. The van der Waals surface area contributed by atoms with Gasteiger partial charge in [-0.2, -0.15) is 5.10 Å². The predicted molar refractivity (Wildman–Crippen MR) is 103 cm³/mol. The first-order valence-corrected chi connectivity index (χ1v) is 9.66. The third-order valence-corrected chi connectivity index (χ3v) is 5.20. The highest BCUT2D eigenvalue weighted by Gasteiger charge is 2.19. The lowest BCUT2D eigenvalue weighted by Crippen LogP contribution is -2.34. The average molecular weight is 373 g/mol. The van der Waals surface area contributed by atoms with Crippen LogP contribution in [0, 0.1) is 19.7 Å². The first-order valence-electron chi connectivity index (χ1n) is 9.66. The van der Waals surface area contributed by atoms with Crippen LogP contribution >= 0.6 is 0 Å². The smallest absolute Gasteiger partial charge is 0.224 e. The molecule has 3 rings (SSSR count). The molecular formula is C21H28FN3O2. The molecule has 1 saturated heterocycles. The van der Waals surface area contributed by atoms with Crippen LogP contribution < -0.4 is 5.32 Å². The highest BCUT2D eigenvalue weighted by molar-refractivity contribution is 5.79. The molecule has 1 N–H and O–H groups in total. The van der Waals surface area contributed by atoms with Gasteiger partial charge in [-0.05, 0) is 70.7 Å². The molecule has 146 valence electrons. The van der Waals surface area contributed by atoms with Gasteiger partial charge in [-0.3, -0.25) is 4.79 Å². The summed E-state index contributed by atoms with van der Waals surface area (Å²) in [6.07, 6.45) is 4.82. The van der Waals surface area contributed by atoms with Crippen molar-refractivity contribution < 1.29 is 13.9 Å². The van der Waals surface area contributed by atoms with Gasteiger partial charge in [-0.1, -0.05) is 0 Å². The minimum Gasteiger partial charge on any atom is -0.378 e. The second kappa shape index (κ2) is 8.65. The number of carbonyl (C=O) groups is 1. The van der Waals surface area contributed by atoms with Gasteiger partial charge in [-0.15, -0.1) is 0 Å². The van der Waals surface area contributed by atoms with Gasteiger partial charge < -0.3 is 10.1 Å². The van der Waals surface area contributed by atoms with Crippen molar-refractivity contribution in [3.63, 3.8) is 0 Å². The van der Waals surface area contributed by atoms with Gasteiger partial charge in [0.25, 0.3) is 0 Å². The molecule has 27 heavy (non-hydrogen) atoms. The van der Waals surface area contributed by atoms with Crippen molar-refractivity contribution in [3.8, 4) is 5.69 Å².